The van der Waals surface area contributed by atoms with Gasteiger partial charge in [-0.2, -0.15) is 0 Å². The molecule has 0 spiro atoms. The monoisotopic (exact) mass is 300 g/mol. The first-order chi connectivity index (χ1) is 10.8. The van der Waals surface area contributed by atoms with Gasteiger partial charge in [0.2, 0.25) is 0 Å². The lowest BCUT2D eigenvalue weighted by Crippen LogP contribution is -2.28. The van der Waals surface area contributed by atoms with E-state index in [1.807, 2.05) is 24.3 Å². The maximum Gasteiger partial charge on any atom is 0.142 e. The lowest BCUT2D eigenvalue weighted by Gasteiger charge is -2.23. The minimum absolute atomic E-state index is 0.818. The first-order valence-electron chi connectivity index (χ1n) is 7.54. The Hall–Kier alpha value is -2.36. The Bertz CT molecular complexity index is 573. The lowest BCUT2D eigenvalue weighted by molar-refractivity contribution is 0.404. The smallest absolute Gasteiger partial charge is 0.142 e. The summed E-state index contributed by atoms with van der Waals surface area (Å²) < 4.78 is 10.6. The van der Waals surface area contributed by atoms with Crippen LogP contribution >= 0.6 is 0 Å². The molecule has 0 amide bonds. The molecule has 0 aliphatic carbocycles. The van der Waals surface area contributed by atoms with Crippen molar-refractivity contribution < 1.29 is 9.47 Å². The fraction of sp³-hybridized carbons (Fsp3) is 0.333. The molecular weight excluding hydrogens is 276 g/mol. The molecule has 2 aromatic carbocycles. The van der Waals surface area contributed by atoms with E-state index in [9.17, 15) is 0 Å². The molecule has 0 aliphatic heterocycles. The van der Waals surface area contributed by atoms with E-state index in [4.69, 9.17) is 9.47 Å². The molecule has 2 aromatic rings. The predicted molar refractivity (Wildman–Crippen MR) is 92.4 cm³/mol. The number of nitrogens with one attached hydrogen (secondary N) is 1. The molecule has 0 aliphatic rings. The molecule has 0 fully saturated rings. The Morgan fingerprint density at radius 1 is 1.00 bits per heavy atom. The Morgan fingerprint density at radius 2 is 1.77 bits per heavy atom. The van der Waals surface area contributed by atoms with Crippen LogP contribution in [0.3, 0.4) is 0 Å². The lowest BCUT2D eigenvalue weighted by atomic mass is 10.2. The van der Waals surface area contributed by atoms with Crippen molar-refractivity contribution in [3.63, 3.8) is 0 Å². The third-order valence-corrected chi connectivity index (χ3v) is 3.61. The van der Waals surface area contributed by atoms with Crippen LogP contribution in [0.1, 0.15) is 6.92 Å². The Labute approximate surface area is 132 Å². The number of nitrogens with zero attached hydrogens (tertiary/aromatic N) is 1. The highest BCUT2D eigenvalue weighted by Gasteiger charge is 2.06. The van der Waals surface area contributed by atoms with E-state index in [2.05, 4.69) is 41.4 Å². The molecule has 0 aromatic heterocycles. The largest absolute Gasteiger partial charge is 0.497 e. The first-order valence-corrected chi connectivity index (χ1v) is 7.54. The average Bonchev–Trinajstić information content (AvgIpc) is 2.59. The topological polar surface area (TPSA) is 33.7 Å². The summed E-state index contributed by atoms with van der Waals surface area (Å²) in [5.74, 6) is 1.64. The van der Waals surface area contributed by atoms with E-state index in [-0.39, 0.29) is 0 Å². The van der Waals surface area contributed by atoms with E-state index in [0.717, 1.165) is 36.8 Å². The van der Waals surface area contributed by atoms with Gasteiger partial charge >= 0.3 is 0 Å². The molecule has 0 radical (unpaired) electrons. The van der Waals surface area contributed by atoms with Crippen molar-refractivity contribution in [2.75, 3.05) is 44.1 Å². The Kier molecular flexibility index (Phi) is 5.95. The van der Waals surface area contributed by atoms with Gasteiger partial charge < -0.3 is 19.7 Å². The summed E-state index contributed by atoms with van der Waals surface area (Å²) in [6, 6.07) is 16.2. The number of rotatable bonds is 8. The van der Waals surface area contributed by atoms with Crippen LogP contribution in [0.4, 0.5) is 11.4 Å². The molecule has 0 heterocycles. The van der Waals surface area contributed by atoms with E-state index in [0.29, 0.717) is 0 Å². The van der Waals surface area contributed by atoms with E-state index < -0.39 is 0 Å². The van der Waals surface area contributed by atoms with Crippen LogP contribution in [-0.4, -0.2) is 33.9 Å². The summed E-state index contributed by atoms with van der Waals surface area (Å²) in [6.45, 7) is 4.88. The molecular formula is C18H24N2O2. The van der Waals surface area contributed by atoms with Crippen LogP contribution in [-0.2, 0) is 0 Å². The summed E-state index contributed by atoms with van der Waals surface area (Å²) in [5, 5.41) is 3.43. The molecule has 0 saturated carbocycles. The third kappa shape index (κ3) is 4.07. The Morgan fingerprint density at radius 3 is 2.41 bits per heavy atom. The van der Waals surface area contributed by atoms with E-state index in [1.165, 1.54) is 5.69 Å². The minimum atomic E-state index is 0.818. The summed E-state index contributed by atoms with van der Waals surface area (Å²) in [4.78, 5) is 2.33. The second-order valence-electron chi connectivity index (χ2n) is 4.91. The van der Waals surface area contributed by atoms with E-state index in [1.54, 1.807) is 14.2 Å². The summed E-state index contributed by atoms with van der Waals surface area (Å²) in [7, 11) is 3.34. The maximum absolute atomic E-state index is 5.38. The standard InChI is InChI=1S/C18H24N2O2/c1-4-20(15-8-6-5-7-9-15)13-12-19-17-14-16(21-2)10-11-18(17)22-3/h5-11,14,19H,4,12-13H2,1-3H3. The number of anilines is 2. The molecule has 0 bridgehead atoms. The van der Waals surface area contributed by atoms with Gasteiger partial charge in [-0.15, -0.1) is 0 Å². The van der Waals surface area contributed by atoms with Gasteiger partial charge in [-0.25, -0.2) is 0 Å². The second-order valence-corrected chi connectivity index (χ2v) is 4.91. The minimum Gasteiger partial charge on any atom is -0.497 e. The number of likely N-dealkylation sites (N-methyl/N-ethyl adjacent to an activating group) is 1. The van der Waals surface area contributed by atoms with Crippen molar-refractivity contribution in [1.82, 2.24) is 0 Å². The van der Waals surface area contributed by atoms with Crippen molar-refractivity contribution in [3.8, 4) is 11.5 Å². The van der Waals surface area contributed by atoms with Crippen LogP contribution < -0.4 is 19.7 Å². The maximum atomic E-state index is 5.38. The molecule has 4 heteroatoms. The summed E-state index contributed by atoms with van der Waals surface area (Å²) in [5.41, 5.74) is 2.19. The van der Waals surface area contributed by atoms with Crippen LogP contribution in [0.15, 0.2) is 48.5 Å². The predicted octanol–water partition coefficient (Wildman–Crippen LogP) is 3.64. The Balaban J connectivity index is 1.98. The number of para-hydroxylation sites is 1. The number of hydrogen-bond acceptors (Lipinski definition) is 4. The first kappa shape index (κ1) is 16.0. The quantitative estimate of drug-likeness (QED) is 0.807. The number of benzene rings is 2. The van der Waals surface area contributed by atoms with Gasteiger partial charge in [-0.3, -0.25) is 0 Å². The summed E-state index contributed by atoms with van der Waals surface area (Å²) >= 11 is 0. The zero-order valence-corrected chi connectivity index (χ0v) is 13.5. The van der Waals surface area contributed by atoms with Crippen LogP contribution in [0.2, 0.25) is 0 Å². The highest BCUT2D eigenvalue weighted by molar-refractivity contribution is 5.60. The fourth-order valence-electron chi connectivity index (χ4n) is 2.39. The molecule has 4 nitrogen and oxygen atoms in total. The van der Waals surface area contributed by atoms with Gasteiger partial charge in [0.05, 0.1) is 19.9 Å². The van der Waals surface area contributed by atoms with Gasteiger partial charge in [0.25, 0.3) is 0 Å². The average molecular weight is 300 g/mol. The fourth-order valence-corrected chi connectivity index (χ4v) is 2.39. The zero-order valence-electron chi connectivity index (χ0n) is 13.5. The normalized spacial score (nSPS) is 10.1. The van der Waals surface area contributed by atoms with Crippen LogP contribution in [0, 0.1) is 0 Å². The van der Waals surface area contributed by atoms with Gasteiger partial charge in [-0.1, -0.05) is 18.2 Å². The van der Waals surface area contributed by atoms with Gasteiger partial charge in [0.15, 0.2) is 0 Å². The van der Waals surface area contributed by atoms with Gasteiger partial charge in [-0.05, 0) is 31.2 Å². The van der Waals surface area contributed by atoms with E-state index >= 15 is 0 Å². The highest BCUT2D eigenvalue weighted by atomic mass is 16.5. The zero-order chi connectivity index (χ0) is 15.8. The SMILES string of the molecule is CCN(CCNc1cc(OC)ccc1OC)c1ccccc1. The molecule has 118 valence electrons. The summed E-state index contributed by atoms with van der Waals surface area (Å²) in [6.07, 6.45) is 0. The third-order valence-electron chi connectivity index (χ3n) is 3.61. The molecule has 22 heavy (non-hydrogen) atoms. The van der Waals surface area contributed by atoms with Gasteiger partial charge in [0, 0.05) is 31.4 Å². The number of methoxy groups -OCH3 is 2. The molecule has 0 atom stereocenters. The number of ether oxygens (including phenoxy) is 2. The number of hydrogen-bond donors (Lipinski definition) is 1. The molecule has 2 rings (SSSR count). The molecule has 1 N–H and O–H groups in total. The molecule has 0 saturated heterocycles. The van der Waals surface area contributed by atoms with Crippen molar-refractivity contribution >= 4 is 11.4 Å². The van der Waals surface area contributed by atoms with Crippen molar-refractivity contribution in [2.45, 2.75) is 6.92 Å². The van der Waals surface area contributed by atoms with Crippen molar-refractivity contribution in [2.24, 2.45) is 0 Å². The van der Waals surface area contributed by atoms with Crippen LogP contribution in [0.5, 0.6) is 11.5 Å². The second kappa shape index (κ2) is 8.17. The van der Waals surface area contributed by atoms with Gasteiger partial charge in [0.1, 0.15) is 11.5 Å². The highest BCUT2D eigenvalue weighted by Crippen LogP contribution is 2.28. The van der Waals surface area contributed by atoms with Crippen LogP contribution in [0.25, 0.3) is 0 Å². The van der Waals surface area contributed by atoms with Crippen molar-refractivity contribution in [1.29, 1.82) is 0 Å². The molecule has 0 unspecified atom stereocenters. The van der Waals surface area contributed by atoms with Crippen molar-refractivity contribution in [3.05, 3.63) is 48.5 Å².